The van der Waals surface area contributed by atoms with Gasteiger partial charge in [-0.1, -0.05) is 24.3 Å². The second-order valence-electron chi connectivity index (χ2n) is 6.47. The van der Waals surface area contributed by atoms with Gasteiger partial charge in [-0.25, -0.2) is 9.18 Å². The first-order valence-electron chi connectivity index (χ1n) is 8.53. The summed E-state index contributed by atoms with van der Waals surface area (Å²) in [4.78, 5) is 24.0. The Balaban J connectivity index is 1.97. The highest BCUT2D eigenvalue weighted by Gasteiger charge is 2.34. The van der Waals surface area contributed by atoms with Crippen molar-refractivity contribution in [2.45, 2.75) is 12.3 Å². The molecule has 2 N–H and O–H groups in total. The van der Waals surface area contributed by atoms with Crippen LogP contribution >= 0.6 is 0 Å². The second kappa shape index (κ2) is 6.67. The number of carboxylic acid groups (broad SMARTS) is 1. The number of carbonyl (C=O) groups excluding carboxylic acids is 1. The number of fused-ring (bicyclic) bond motifs is 1. The average molecular weight is 375 g/mol. The maximum absolute atomic E-state index is 14.5. The third kappa shape index (κ3) is 2.81. The van der Waals surface area contributed by atoms with Crippen molar-refractivity contribution in [2.24, 2.45) is 0 Å². The number of anilines is 1. The number of hydrogen-bond donors (Lipinski definition) is 2. The van der Waals surface area contributed by atoms with Gasteiger partial charge in [-0.3, -0.25) is 4.79 Å². The number of benzene rings is 2. The molecule has 0 radical (unpaired) electrons. The smallest absolute Gasteiger partial charge is 0.339 e. The highest BCUT2D eigenvalue weighted by molar-refractivity contribution is 6.04. The van der Waals surface area contributed by atoms with Crippen LogP contribution in [0.25, 0.3) is 5.69 Å². The fourth-order valence-corrected chi connectivity index (χ4v) is 3.54. The van der Waals surface area contributed by atoms with Crippen LogP contribution in [-0.2, 0) is 4.79 Å². The Morgan fingerprint density at radius 1 is 1.21 bits per heavy atom. The Morgan fingerprint density at radius 2 is 1.93 bits per heavy atom. The molecule has 7 heteroatoms. The Labute approximate surface area is 159 Å². The zero-order valence-electron chi connectivity index (χ0n) is 14.5. The summed E-state index contributed by atoms with van der Waals surface area (Å²) in [6.07, 6.45) is 1.41. The number of para-hydroxylation sites is 1. The summed E-state index contributed by atoms with van der Waals surface area (Å²) >= 11 is 0. The lowest BCUT2D eigenvalue weighted by molar-refractivity contribution is -0.116. The summed E-state index contributed by atoms with van der Waals surface area (Å²) in [6.45, 7) is 0. The minimum absolute atomic E-state index is 0.0798. The molecular formula is C21H14FN3O3. The number of nitrogens with zero attached hydrogens (tertiary/aromatic N) is 2. The Hall–Kier alpha value is -3.92. The topological polar surface area (TPSA) is 95.1 Å². The second-order valence-corrected chi connectivity index (χ2v) is 6.47. The first-order chi connectivity index (χ1) is 13.5. The zero-order valence-corrected chi connectivity index (χ0v) is 14.5. The van der Waals surface area contributed by atoms with Gasteiger partial charge in [-0.15, -0.1) is 0 Å². The molecule has 1 amide bonds. The number of carboxylic acids is 1. The lowest BCUT2D eigenvalue weighted by Gasteiger charge is -2.26. The molecule has 2 heterocycles. The van der Waals surface area contributed by atoms with E-state index < -0.39 is 17.7 Å². The van der Waals surface area contributed by atoms with Gasteiger partial charge in [0.2, 0.25) is 5.91 Å². The van der Waals surface area contributed by atoms with Crippen molar-refractivity contribution in [3.63, 3.8) is 0 Å². The lowest BCUT2D eigenvalue weighted by Crippen LogP contribution is -2.25. The molecule has 0 fully saturated rings. The molecule has 0 aliphatic carbocycles. The molecule has 138 valence electrons. The molecule has 0 spiro atoms. The minimum atomic E-state index is -1.22. The van der Waals surface area contributed by atoms with E-state index in [0.29, 0.717) is 11.3 Å². The number of aromatic carboxylic acids is 1. The largest absolute Gasteiger partial charge is 0.478 e. The monoisotopic (exact) mass is 375 g/mol. The van der Waals surface area contributed by atoms with Crippen LogP contribution in [0.3, 0.4) is 0 Å². The Bertz CT molecular complexity index is 1140. The van der Waals surface area contributed by atoms with Crippen molar-refractivity contribution >= 4 is 17.6 Å². The van der Waals surface area contributed by atoms with E-state index in [0.717, 1.165) is 5.56 Å². The number of nitriles is 1. The minimum Gasteiger partial charge on any atom is -0.478 e. The summed E-state index contributed by atoms with van der Waals surface area (Å²) in [5, 5.41) is 21.2. The standard InChI is InChI=1S/C21H14FN3O3/c22-16-3-1-2-4-17(16)25-11-15(21(27)28)19-20(25)14(9-18(26)24-19)13-7-5-12(10-23)6-8-13/h1-8,11,14H,9H2,(H,24,26)(H,27,28)/t14-/m1/s1. The normalized spacial score (nSPS) is 15.4. The quantitative estimate of drug-likeness (QED) is 0.730. The maximum atomic E-state index is 14.5. The lowest BCUT2D eigenvalue weighted by atomic mass is 9.88. The van der Waals surface area contributed by atoms with Crippen molar-refractivity contribution in [1.82, 2.24) is 4.57 Å². The van der Waals surface area contributed by atoms with Crippen molar-refractivity contribution in [3.05, 3.63) is 82.9 Å². The van der Waals surface area contributed by atoms with E-state index in [1.165, 1.54) is 16.8 Å². The number of carbonyl (C=O) groups is 2. The number of nitrogens with one attached hydrogen (secondary N) is 1. The van der Waals surface area contributed by atoms with E-state index in [4.69, 9.17) is 5.26 Å². The van der Waals surface area contributed by atoms with Gasteiger partial charge in [0.05, 0.1) is 28.7 Å². The summed E-state index contributed by atoms with van der Waals surface area (Å²) in [5.74, 6) is -2.53. The van der Waals surface area contributed by atoms with Gasteiger partial charge in [0.25, 0.3) is 0 Å². The van der Waals surface area contributed by atoms with Crippen LogP contribution in [0.4, 0.5) is 10.1 Å². The third-order valence-corrected chi connectivity index (χ3v) is 4.81. The molecule has 28 heavy (non-hydrogen) atoms. The van der Waals surface area contributed by atoms with E-state index in [-0.39, 0.29) is 29.3 Å². The van der Waals surface area contributed by atoms with Gasteiger partial charge < -0.3 is 15.0 Å². The highest BCUT2D eigenvalue weighted by Crippen LogP contribution is 2.41. The molecule has 4 rings (SSSR count). The van der Waals surface area contributed by atoms with E-state index in [1.54, 1.807) is 42.5 Å². The van der Waals surface area contributed by atoms with Crippen molar-refractivity contribution in [3.8, 4) is 11.8 Å². The van der Waals surface area contributed by atoms with Crippen LogP contribution in [0.1, 0.15) is 39.5 Å². The van der Waals surface area contributed by atoms with Crippen molar-refractivity contribution < 1.29 is 19.1 Å². The van der Waals surface area contributed by atoms with Gasteiger partial charge in [-0.2, -0.15) is 5.26 Å². The highest BCUT2D eigenvalue weighted by atomic mass is 19.1. The van der Waals surface area contributed by atoms with E-state index in [9.17, 15) is 19.1 Å². The van der Waals surface area contributed by atoms with Gasteiger partial charge in [0.15, 0.2) is 0 Å². The molecule has 0 saturated heterocycles. The first kappa shape index (κ1) is 17.5. The van der Waals surface area contributed by atoms with Crippen LogP contribution in [0.2, 0.25) is 0 Å². The predicted octanol–water partition coefficient (Wildman–Crippen LogP) is 3.66. The predicted molar refractivity (Wildman–Crippen MR) is 98.9 cm³/mol. The third-order valence-electron chi connectivity index (χ3n) is 4.81. The van der Waals surface area contributed by atoms with Crippen LogP contribution in [0.15, 0.2) is 54.7 Å². The molecule has 3 aromatic rings. The van der Waals surface area contributed by atoms with Crippen LogP contribution < -0.4 is 5.32 Å². The molecule has 6 nitrogen and oxygen atoms in total. The molecule has 1 aromatic heterocycles. The summed E-state index contributed by atoms with van der Waals surface area (Å²) in [7, 11) is 0. The fourth-order valence-electron chi connectivity index (χ4n) is 3.54. The zero-order chi connectivity index (χ0) is 19.8. The Morgan fingerprint density at radius 3 is 2.57 bits per heavy atom. The Kier molecular flexibility index (Phi) is 4.17. The molecule has 0 unspecified atom stereocenters. The summed E-state index contributed by atoms with van der Waals surface area (Å²) in [6, 6.07) is 14.8. The first-order valence-corrected chi connectivity index (χ1v) is 8.53. The molecule has 1 atom stereocenters. The van der Waals surface area contributed by atoms with E-state index in [1.807, 2.05) is 6.07 Å². The molecule has 0 bridgehead atoms. The number of hydrogen-bond acceptors (Lipinski definition) is 3. The molecule has 2 aromatic carbocycles. The van der Waals surface area contributed by atoms with Crippen LogP contribution in [0.5, 0.6) is 0 Å². The number of aromatic nitrogens is 1. The summed E-state index contributed by atoms with van der Waals surface area (Å²) < 4.78 is 16.0. The number of halogens is 1. The van der Waals surface area contributed by atoms with Crippen molar-refractivity contribution in [2.75, 3.05) is 5.32 Å². The van der Waals surface area contributed by atoms with E-state index >= 15 is 0 Å². The van der Waals surface area contributed by atoms with E-state index in [2.05, 4.69) is 5.32 Å². The summed E-state index contributed by atoms with van der Waals surface area (Å²) in [5.41, 5.74) is 1.96. The maximum Gasteiger partial charge on any atom is 0.339 e. The van der Waals surface area contributed by atoms with Crippen LogP contribution in [-0.4, -0.2) is 21.6 Å². The SMILES string of the molecule is N#Cc1ccc([C@H]2CC(=O)Nc3c(C(=O)O)cn(-c4ccccc4F)c32)cc1. The fraction of sp³-hybridized carbons (Fsp3) is 0.0952. The van der Waals surface area contributed by atoms with Gasteiger partial charge in [0.1, 0.15) is 11.4 Å². The van der Waals surface area contributed by atoms with Crippen molar-refractivity contribution in [1.29, 1.82) is 5.26 Å². The molecule has 1 aliphatic rings. The molecular weight excluding hydrogens is 361 g/mol. The van der Waals surface area contributed by atoms with Gasteiger partial charge in [0, 0.05) is 18.5 Å². The molecule has 1 aliphatic heterocycles. The average Bonchev–Trinajstić information content (AvgIpc) is 3.07. The molecule has 0 saturated carbocycles. The van der Waals surface area contributed by atoms with Crippen LogP contribution in [0, 0.1) is 17.1 Å². The number of rotatable bonds is 3. The van der Waals surface area contributed by atoms with Gasteiger partial charge in [-0.05, 0) is 29.8 Å². The van der Waals surface area contributed by atoms with Gasteiger partial charge >= 0.3 is 5.97 Å². The number of amides is 1.